The van der Waals surface area contributed by atoms with Crippen LogP contribution in [0.4, 0.5) is 5.95 Å². The van der Waals surface area contributed by atoms with Crippen LogP contribution >= 0.6 is 11.6 Å². The van der Waals surface area contributed by atoms with E-state index in [9.17, 15) is 4.79 Å². The second kappa shape index (κ2) is 5.70. The van der Waals surface area contributed by atoms with E-state index in [0.717, 1.165) is 48.1 Å². The molecule has 4 rings (SSSR count). The van der Waals surface area contributed by atoms with E-state index in [4.69, 9.17) is 16.6 Å². The summed E-state index contributed by atoms with van der Waals surface area (Å²) in [6, 6.07) is 15.3. The van der Waals surface area contributed by atoms with Gasteiger partial charge in [-0.3, -0.25) is 9.36 Å². The lowest BCUT2D eigenvalue weighted by Gasteiger charge is -2.31. The quantitative estimate of drug-likeness (QED) is 0.724. The molecular weight excluding hydrogens is 310 g/mol. The molecule has 0 atom stereocenters. The van der Waals surface area contributed by atoms with Gasteiger partial charge in [0, 0.05) is 24.7 Å². The molecule has 1 aromatic heterocycles. The standard InChI is InChI=1S/C18H16ClN3O/c19-14-8-6-13(7-9-14)12-21-10-3-11-22-17(23)15-4-1-2-5-16(15)20-18(21)22/h1-2,4-9H,3,10-12H2. The highest BCUT2D eigenvalue weighted by Gasteiger charge is 2.21. The first-order valence-corrected chi connectivity index (χ1v) is 8.09. The van der Waals surface area contributed by atoms with Crippen LogP contribution in [-0.2, 0) is 13.1 Å². The van der Waals surface area contributed by atoms with Crippen LogP contribution in [0.15, 0.2) is 53.3 Å². The van der Waals surface area contributed by atoms with Crippen molar-refractivity contribution in [2.45, 2.75) is 19.5 Å². The van der Waals surface area contributed by atoms with Crippen molar-refractivity contribution in [2.75, 3.05) is 11.4 Å². The summed E-state index contributed by atoms with van der Waals surface area (Å²) < 4.78 is 1.79. The van der Waals surface area contributed by atoms with Crippen LogP contribution in [0, 0.1) is 0 Å². The fourth-order valence-corrected chi connectivity index (χ4v) is 3.20. The molecule has 0 bridgehead atoms. The zero-order valence-electron chi connectivity index (χ0n) is 12.6. The van der Waals surface area contributed by atoms with E-state index in [0.29, 0.717) is 5.39 Å². The molecule has 0 aliphatic carbocycles. The summed E-state index contributed by atoms with van der Waals surface area (Å²) in [5.74, 6) is 0.759. The molecule has 0 saturated carbocycles. The predicted molar refractivity (Wildman–Crippen MR) is 93.1 cm³/mol. The average Bonchev–Trinajstić information content (AvgIpc) is 2.58. The highest BCUT2D eigenvalue weighted by Crippen LogP contribution is 2.22. The third kappa shape index (κ3) is 2.59. The van der Waals surface area contributed by atoms with E-state index in [1.54, 1.807) is 4.57 Å². The van der Waals surface area contributed by atoms with Crippen molar-refractivity contribution in [3.63, 3.8) is 0 Å². The maximum absolute atomic E-state index is 12.7. The molecule has 1 aliphatic rings. The molecule has 0 radical (unpaired) electrons. The number of hydrogen-bond donors (Lipinski definition) is 0. The second-order valence-electron chi connectivity index (χ2n) is 5.79. The van der Waals surface area contributed by atoms with Crippen LogP contribution in [0.25, 0.3) is 10.9 Å². The van der Waals surface area contributed by atoms with Gasteiger partial charge in [-0.1, -0.05) is 35.9 Å². The lowest BCUT2D eigenvalue weighted by atomic mass is 10.2. The summed E-state index contributed by atoms with van der Waals surface area (Å²) in [6.07, 6.45) is 0.945. The fraction of sp³-hybridized carbons (Fsp3) is 0.222. The third-order valence-electron chi connectivity index (χ3n) is 4.22. The van der Waals surface area contributed by atoms with Gasteiger partial charge < -0.3 is 4.90 Å². The van der Waals surface area contributed by atoms with E-state index >= 15 is 0 Å². The molecule has 116 valence electrons. The predicted octanol–water partition coefficient (Wildman–Crippen LogP) is 3.46. The number of benzene rings is 2. The number of anilines is 1. The van der Waals surface area contributed by atoms with Crippen LogP contribution in [0.5, 0.6) is 0 Å². The van der Waals surface area contributed by atoms with Crippen LogP contribution in [-0.4, -0.2) is 16.1 Å². The van der Waals surface area contributed by atoms with Gasteiger partial charge in [-0.15, -0.1) is 0 Å². The van der Waals surface area contributed by atoms with Gasteiger partial charge >= 0.3 is 0 Å². The van der Waals surface area contributed by atoms with E-state index in [-0.39, 0.29) is 5.56 Å². The van der Waals surface area contributed by atoms with Crippen molar-refractivity contribution in [2.24, 2.45) is 0 Å². The summed E-state index contributed by atoms with van der Waals surface area (Å²) in [5.41, 5.74) is 1.96. The number of halogens is 1. The Labute approximate surface area is 138 Å². The number of nitrogens with zero attached hydrogens (tertiary/aromatic N) is 3. The topological polar surface area (TPSA) is 38.1 Å². The van der Waals surface area contributed by atoms with Gasteiger partial charge in [0.2, 0.25) is 5.95 Å². The van der Waals surface area contributed by atoms with E-state index in [2.05, 4.69) is 4.90 Å². The Morgan fingerprint density at radius 3 is 2.65 bits per heavy atom. The molecule has 1 aliphatic heterocycles. The van der Waals surface area contributed by atoms with E-state index in [1.165, 1.54) is 0 Å². The van der Waals surface area contributed by atoms with Gasteiger partial charge in [0.05, 0.1) is 10.9 Å². The van der Waals surface area contributed by atoms with E-state index in [1.807, 2.05) is 48.5 Å². The van der Waals surface area contributed by atoms with E-state index < -0.39 is 0 Å². The fourth-order valence-electron chi connectivity index (χ4n) is 3.08. The molecular formula is C18H16ClN3O. The lowest BCUT2D eigenvalue weighted by Crippen LogP contribution is -2.38. The highest BCUT2D eigenvalue weighted by atomic mass is 35.5. The first-order valence-electron chi connectivity index (χ1n) is 7.71. The molecule has 0 spiro atoms. The minimum atomic E-state index is 0.0476. The minimum absolute atomic E-state index is 0.0476. The first-order chi connectivity index (χ1) is 11.2. The maximum atomic E-state index is 12.7. The molecule has 3 aromatic rings. The molecule has 2 aromatic carbocycles. The summed E-state index contributed by atoms with van der Waals surface area (Å²) in [4.78, 5) is 19.6. The first kappa shape index (κ1) is 14.3. The Morgan fingerprint density at radius 2 is 1.83 bits per heavy atom. The van der Waals surface area contributed by atoms with Crippen molar-refractivity contribution in [1.29, 1.82) is 0 Å². The molecule has 0 unspecified atom stereocenters. The Hall–Kier alpha value is -2.33. The summed E-state index contributed by atoms with van der Waals surface area (Å²) in [7, 11) is 0. The average molecular weight is 326 g/mol. The summed E-state index contributed by atoms with van der Waals surface area (Å²) >= 11 is 5.95. The molecule has 5 heteroatoms. The minimum Gasteiger partial charge on any atom is -0.338 e. The normalized spacial score (nSPS) is 14.0. The van der Waals surface area contributed by atoms with Gasteiger partial charge in [0.1, 0.15) is 0 Å². The monoisotopic (exact) mass is 325 g/mol. The molecule has 0 N–H and O–H groups in total. The largest absolute Gasteiger partial charge is 0.338 e. The smallest absolute Gasteiger partial charge is 0.262 e. The Bertz CT molecular complexity index is 918. The molecule has 2 heterocycles. The van der Waals surface area contributed by atoms with Gasteiger partial charge in [-0.25, -0.2) is 4.98 Å². The Balaban J connectivity index is 1.78. The van der Waals surface area contributed by atoms with Crippen LogP contribution in [0.3, 0.4) is 0 Å². The highest BCUT2D eigenvalue weighted by molar-refractivity contribution is 6.30. The second-order valence-corrected chi connectivity index (χ2v) is 6.22. The molecule has 4 nitrogen and oxygen atoms in total. The van der Waals surface area contributed by atoms with Gasteiger partial charge in [0.15, 0.2) is 0 Å². The third-order valence-corrected chi connectivity index (χ3v) is 4.47. The number of fused-ring (bicyclic) bond motifs is 2. The SMILES string of the molecule is O=c1c2ccccc2nc2n1CCCN2Cc1ccc(Cl)cc1. The Morgan fingerprint density at radius 1 is 1.04 bits per heavy atom. The van der Waals surface area contributed by atoms with Crippen molar-refractivity contribution in [3.05, 3.63) is 69.5 Å². The van der Waals surface area contributed by atoms with Crippen molar-refractivity contribution in [1.82, 2.24) is 9.55 Å². The van der Waals surface area contributed by atoms with Crippen LogP contribution in [0.2, 0.25) is 5.02 Å². The van der Waals surface area contributed by atoms with Crippen LogP contribution in [0.1, 0.15) is 12.0 Å². The van der Waals surface area contributed by atoms with Gasteiger partial charge in [-0.2, -0.15) is 0 Å². The van der Waals surface area contributed by atoms with Crippen molar-refractivity contribution in [3.8, 4) is 0 Å². The van der Waals surface area contributed by atoms with Crippen molar-refractivity contribution < 1.29 is 0 Å². The summed E-state index contributed by atoms with van der Waals surface area (Å²) in [5, 5.41) is 1.41. The number of para-hydroxylation sites is 1. The molecule has 23 heavy (non-hydrogen) atoms. The lowest BCUT2D eigenvalue weighted by molar-refractivity contribution is 0.535. The molecule has 0 fully saturated rings. The van der Waals surface area contributed by atoms with Crippen LogP contribution < -0.4 is 10.5 Å². The van der Waals surface area contributed by atoms with Gasteiger partial charge in [-0.05, 0) is 36.2 Å². The number of rotatable bonds is 2. The maximum Gasteiger partial charge on any atom is 0.262 e. The zero-order chi connectivity index (χ0) is 15.8. The Kier molecular flexibility index (Phi) is 3.54. The molecule has 0 amide bonds. The molecule has 0 saturated heterocycles. The number of aromatic nitrogens is 2. The van der Waals surface area contributed by atoms with Crippen molar-refractivity contribution >= 4 is 28.5 Å². The van der Waals surface area contributed by atoms with Gasteiger partial charge in [0.25, 0.3) is 5.56 Å². The zero-order valence-corrected chi connectivity index (χ0v) is 13.3. The summed E-state index contributed by atoms with van der Waals surface area (Å²) in [6.45, 7) is 2.35. The number of hydrogen-bond acceptors (Lipinski definition) is 3.